The molecule has 430 valence electrons. The Labute approximate surface area is 480 Å². The quantitative estimate of drug-likeness (QED) is 0.0893. The van der Waals surface area contributed by atoms with E-state index in [0.29, 0.717) is 49.7 Å². The molecule has 4 N–H and O–H groups in total. The van der Waals surface area contributed by atoms with Gasteiger partial charge in [0.25, 0.3) is 0 Å². The Bertz CT molecular complexity index is 3190. The molecule has 18 nitrogen and oxygen atoms in total. The van der Waals surface area contributed by atoms with Gasteiger partial charge in [0.2, 0.25) is 11.8 Å². The molecule has 19 heteroatoms. The van der Waals surface area contributed by atoms with Crippen molar-refractivity contribution in [3.05, 3.63) is 109 Å². The Morgan fingerprint density at radius 3 is 1.49 bits per heavy atom. The number of fused-ring (bicyclic) bond motifs is 2. The number of pyridine rings is 4. The van der Waals surface area contributed by atoms with Gasteiger partial charge in [0.1, 0.15) is 28.9 Å². The van der Waals surface area contributed by atoms with Gasteiger partial charge < -0.3 is 30.5 Å². The molecule has 3 atom stereocenters. The summed E-state index contributed by atoms with van der Waals surface area (Å²) >= 11 is 0. The molecule has 0 bridgehead atoms. The number of ketones is 2. The number of hydrogen-bond donors (Lipinski definition) is 4. The van der Waals surface area contributed by atoms with Crippen molar-refractivity contribution in [1.82, 2.24) is 35.1 Å². The van der Waals surface area contributed by atoms with Gasteiger partial charge in [0.05, 0.1) is 36.0 Å². The third-order valence-electron chi connectivity index (χ3n) is 14.5. The molecule has 10 rings (SSSR count). The number of Topliss-reactive ketones (excluding diaryl/α,β-unsaturated/α-hetero) is 2. The molecular weight excluding hydrogens is 1050 g/mol. The number of rotatable bonds is 12. The van der Waals surface area contributed by atoms with Gasteiger partial charge in [-0.1, -0.05) is 37.1 Å². The minimum absolute atomic E-state index is 0. The average molecular weight is 1130 g/mol. The van der Waals surface area contributed by atoms with E-state index >= 15 is 0 Å². The van der Waals surface area contributed by atoms with Crippen LogP contribution in [0.3, 0.4) is 0 Å². The van der Waals surface area contributed by atoms with Crippen LogP contribution in [0.5, 0.6) is 0 Å². The number of ether oxygens (including phenoxy) is 2. The number of carbonyl (C=O) groups excluding carboxylic acids is 6. The van der Waals surface area contributed by atoms with Crippen molar-refractivity contribution in [2.45, 2.75) is 148 Å². The van der Waals surface area contributed by atoms with Gasteiger partial charge in [-0.25, -0.2) is 19.6 Å². The lowest BCUT2D eigenvalue weighted by atomic mass is 10.0. The minimum Gasteiger partial charge on any atom is -0.444 e. The first-order chi connectivity index (χ1) is 38.3. The number of benzene rings is 2. The number of anilines is 2. The molecule has 0 spiro atoms. The zero-order valence-electron chi connectivity index (χ0n) is 47.5. The van der Waals surface area contributed by atoms with Crippen molar-refractivity contribution in [3.63, 3.8) is 0 Å². The first kappa shape index (κ1) is 61.2. The first-order valence-corrected chi connectivity index (χ1v) is 27.9. The lowest BCUT2D eigenvalue weighted by Gasteiger charge is -2.28. The number of carbonyl (C=O) groups is 6. The fraction of sp³-hybridized carbons (Fsp3) is 0.452. The number of aromatic nitrogens is 4. The number of hydrogen-bond acceptors (Lipinski definition) is 14. The highest BCUT2D eigenvalue weighted by molar-refractivity contribution is 5.97. The van der Waals surface area contributed by atoms with Crippen LogP contribution in [0.1, 0.15) is 117 Å². The Kier molecular flexibility index (Phi) is 20.7. The Morgan fingerprint density at radius 2 is 1.02 bits per heavy atom. The molecule has 1 aliphatic carbocycles. The summed E-state index contributed by atoms with van der Waals surface area (Å²) in [6.45, 7) is 12.7. The van der Waals surface area contributed by atoms with Crippen LogP contribution < -0.4 is 16.0 Å². The summed E-state index contributed by atoms with van der Waals surface area (Å²) in [6, 6.07) is 26.0. The molecular formula is C62H76ClN9O9. The third-order valence-corrected chi connectivity index (χ3v) is 14.5. The van der Waals surface area contributed by atoms with Gasteiger partial charge in [-0.15, -0.1) is 12.4 Å². The van der Waals surface area contributed by atoms with Gasteiger partial charge in [-0.3, -0.25) is 38.9 Å². The van der Waals surface area contributed by atoms with Gasteiger partial charge >= 0.3 is 12.2 Å². The molecule has 81 heavy (non-hydrogen) atoms. The summed E-state index contributed by atoms with van der Waals surface area (Å²) in [6.07, 6.45) is 11.9. The summed E-state index contributed by atoms with van der Waals surface area (Å²) in [5.74, 6) is 1.08. The summed E-state index contributed by atoms with van der Waals surface area (Å²) < 4.78 is 11.0. The van der Waals surface area contributed by atoms with Crippen molar-refractivity contribution in [2.75, 3.05) is 37.4 Å². The van der Waals surface area contributed by atoms with Crippen LogP contribution in [0.25, 0.3) is 44.1 Å². The molecule has 4 amide bonds. The topological polar surface area (TPSA) is 235 Å². The minimum atomic E-state index is -0.639. The zero-order valence-corrected chi connectivity index (χ0v) is 48.3. The van der Waals surface area contributed by atoms with E-state index in [-0.39, 0.29) is 54.2 Å². The fourth-order valence-electron chi connectivity index (χ4n) is 10.6. The van der Waals surface area contributed by atoms with Crippen LogP contribution in [-0.2, 0) is 41.5 Å². The predicted octanol–water partition coefficient (Wildman–Crippen LogP) is 10.5. The number of nitrogens with zero attached hydrogens (tertiary/aromatic N) is 6. The normalized spacial score (nSPS) is 18.0. The van der Waals surface area contributed by atoms with Gasteiger partial charge in [-0.05, 0) is 171 Å². The molecule has 7 heterocycles. The van der Waals surface area contributed by atoms with E-state index in [9.17, 15) is 28.8 Å². The summed E-state index contributed by atoms with van der Waals surface area (Å²) in [7, 11) is 1.00. The van der Waals surface area contributed by atoms with E-state index in [1.165, 1.54) is 4.90 Å². The van der Waals surface area contributed by atoms with Crippen LogP contribution in [0.15, 0.2) is 97.3 Å². The lowest BCUT2D eigenvalue weighted by molar-refractivity contribution is -0.123. The van der Waals surface area contributed by atoms with Gasteiger partial charge in [0.15, 0.2) is 11.6 Å². The fourth-order valence-corrected chi connectivity index (χ4v) is 10.6. The number of aliphatic hydroxyl groups excluding tert-OH is 1. The smallest absolute Gasteiger partial charge is 0.410 e. The second-order valence-corrected chi connectivity index (χ2v) is 22.8. The Hall–Kier alpha value is -7.41. The van der Waals surface area contributed by atoms with Crippen LogP contribution in [0, 0.1) is 5.92 Å². The van der Waals surface area contributed by atoms with E-state index in [0.717, 1.165) is 115 Å². The van der Waals surface area contributed by atoms with E-state index in [1.54, 1.807) is 44.1 Å². The molecule has 1 saturated carbocycles. The largest absolute Gasteiger partial charge is 0.444 e. The maximum Gasteiger partial charge on any atom is 0.410 e. The van der Waals surface area contributed by atoms with E-state index < -0.39 is 35.5 Å². The van der Waals surface area contributed by atoms with Crippen molar-refractivity contribution in [2.24, 2.45) is 5.92 Å². The highest BCUT2D eigenvalue weighted by Crippen LogP contribution is 2.30. The molecule has 3 saturated heterocycles. The Morgan fingerprint density at radius 1 is 0.556 bits per heavy atom. The standard InChI is InChI=1S/C35H43N5O6.C26H28N4O2.CH4O.ClH/c1-34(2,3)45-32(43)39-17-7-9-27(39)29(41)20-25-14-11-23-19-22(12-15-26(23)37-25)24-13-16-30(36-21-24)38-31(42)28-10-8-18-40(28)33(44)46-35(4,5)6;31-24(23-6-3-13-27-23)15-21-10-7-19-14-18(8-11-22(19)29-21)20-9-12-25(28-16-20)30-26(32)17-4-1-2-5-17;1-2;/h11-16,19,21,27-28H,7-10,17-18,20H2,1-6H3,(H,36,38,42);7-12,14,16-17,23,27H,1-6,13,15H2,(H,28,30,32);2H,1H3;1H/t27-,28-;23-;;/m00../s1. The number of aliphatic hydroxyl groups is 1. The van der Waals surface area contributed by atoms with Crippen molar-refractivity contribution >= 4 is 81.4 Å². The van der Waals surface area contributed by atoms with Crippen molar-refractivity contribution < 1.29 is 43.3 Å². The van der Waals surface area contributed by atoms with Gasteiger partial charge in [-0.2, -0.15) is 0 Å². The maximum atomic E-state index is 13.2. The summed E-state index contributed by atoms with van der Waals surface area (Å²) in [5.41, 5.74) is 5.65. The predicted molar refractivity (Wildman–Crippen MR) is 315 cm³/mol. The monoisotopic (exact) mass is 1130 g/mol. The van der Waals surface area contributed by atoms with E-state index in [1.807, 2.05) is 93.6 Å². The second kappa shape index (κ2) is 27.4. The zero-order chi connectivity index (χ0) is 57.1. The molecule has 4 aromatic heterocycles. The molecule has 0 radical (unpaired) electrons. The maximum absolute atomic E-state index is 13.2. The van der Waals surface area contributed by atoms with Crippen molar-refractivity contribution in [1.29, 1.82) is 0 Å². The highest BCUT2D eigenvalue weighted by atomic mass is 35.5. The molecule has 2 aromatic carbocycles. The lowest BCUT2D eigenvalue weighted by Crippen LogP contribution is -2.45. The number of halogens is 1. The van der Waals surface area contributed by atoms with Gasteiger partial charge in [0, 0.05) is 71.8 Å². The first-order valence-electron chi connectivity index (χ1n) is 27.9. The molecule has 0 unspecified atom stereocenters. The number of amides is 4. The molecule has 4 aliphatic rings. The molecule has 4 fully saturated rings. The Balaban J connectivity index is 0.000000237. The summed E-state index contributed by atoms with van der Waals surface area (Å²) in [4.78, 5) is 97.5. The van der Waals surface area contributed by atoms with Crippen molar-refractivity contribution in [3.8, 4) is 22.3 Å². The number of likely N-dealkylation sites (tertiary alicyclic amines) is 2. The average Bonchev–Trinajstić information content (AvgIpc) is 4.44. The number of nitrogens with one attached hydrogen (secondary N) is 3. The van der Waals surface area contributed by atoms with E-state index in [4.69, 9.17) is 24.5 Å². The molecule has 3 aliphatic heterocycles. The highest BCUT2D eigenvalue weighted by Gasteiger charge is 2.38. The van der Waals surface area contributed by atoms with E-state index in [2.05, 4.69) is 32.0 Å². The van der Waals surface area contributed by atoms with Crippen LogP contribution in [-0.4, -0.2) is 126 Å². The summed E-state index contributed by atoms with van der Waals surface area (Å²) in [5, 5.41) is 18.0. The van der Waals surface area contributed by atoms with Crippen LogP contribution in [0.4, 0.5) is 21.2 Å². The van der Waals surface area contributed by atoms with Crippen LogP contribution >= 0.6 is 12.4 Å². The second-order valence-electron chi connectivity index (χ2n) is 22.8. The van der Waals surface area contributed by atoms with Crippen LogP contribution in [0.2, 0.25) is 0 Å². The molecule has 6 aromatic rings. The third kappa shape index (κ3) is 16.4. The SMILES string of the molecule is CC(C)(C)OC(=O)N1CCC[C@H]1C(=O)Cc1ccc2cc(-c3ccc(NC(=O)[C@@H]4CCCN4C(=O)OC(C)(C)C)nc3)ccc2n1.CO.Cl.O=C(Nc1ccc(-c2ccc3nc(CC(=O)[C@@H]4CCCN4)ccc3c2)cn1)C1CCCC1.